The molecule has 0 fully saturated rings. The van der Waals surface area contributed by atoms with Crippen LogP contribution in [0.3, 0.4) is 0 Å². The van der Waals surface area contributed by atoms with Gasteiger partial charge in [-0.15, -0.1) is 0 Å². The number of fused-ring (bicyclic) bond motifs is 1. The number of hydrogen-bond acceptors (Lipinski definition) is 5. The fraction of sp³-hybridized carbons (Fsp3) is 0.688. The zero-order valence-corrected chi connectivity index (χ0v) is 14.3. The van der Waals surface area contributed by atoms with Crippen molar-refractivity contribution >= 4 is 11.2 Å². The first-order valence-electron chi connectivity index (χ1n) is 8.52. The minimum Gasteiger partial charge on any atom is -0.394 e. The molecule has 2 aromatic rings. The molecule has 0 amide bonds. The molecule has 0 aliphatic carbocycles. The van der Waals surface area contributed by atoms with Crippen LogP contribution < -0.4 is 11.2 Å². The highest BCUT2D eigenvalue weighted by Gasteiger charge is 2.17. The first-order valence-corrected chi connectivity index (χ1v) is 8.52. The van der Waals surface area contributed by atoms with Crippen molar-refractivity contribution in [3.05, 3.63) is 27.2 Å². The van der Waals surface area contributed by atoms with Gasteiger partial charge in [0.25, 0.3) is 5.56 Å². The number of aromatic nitrogens is 4. The summed E-state index contributed by atoms with van der Waals surface area (Å²) < 4.78 is 4.57. The van der Waals surface area contributed by atoms with Gasteiger partial charge in [-0.3, -0.25) is 13.9 Å². The molecule has 2 aromatic heterocycles. The highest BCUT2D eigenvalue weighted by Crippen LogP contribution is 2.10. The predicted octanol–water partition coefficient (Wildman–Crippen LogP) is 0.313. The lowest BCUT2D eigenvalue weighted by Gasteiger charge is -2.12. The first-order chi connectivity index (χ1) is 11.5. The lowest BCUT2D eigenvalue weighted by atomic mass is 10.2. The van der Waals surface area contributed by atoms with Gasteiger partial charge in [-0.1, -0.05) is 13.8 Å². The van der Waals surface area contributed by atoms with Crippen LogP contribution in [-0.4, -0.2) is 41.6 Å². The maximum Gasteiger partial charge on any atom is 0.332 e. The molecule has 0 radical (unpaired) electrons. The van der Waals surface area contributed by atoms with Gasteiger partial charge in [-0.2, -0.15) is 0 Å². The Morgan fingerprint density at radius 3 is 2.42 bits per heavy atom. The molecular weight excluding hydrogens is 312 g/mol. The van der Waals surface area contributed by atoms with Crippen LogP contribution in [0, 0.1) is 0 Å². The molecule has 134 valence electrons. The highest BCUT2D eigenvalue weighted by atomic mass is 16.3. The van der Waals surface area contributed by atoms with Crippen molar-refractivity contribution in [2.24, 2.45) is 0 Å². The van der Waals surface area contributed by atoms with Crippen LogP contribution in [0.15, 0.2) is 15.9 Å². The van der Waals surface area contributed by atoms with Gasteiger partial charge in [0, 0.05) is 19.6 Å². The molecule has 8 heteroatoms. The number of aliphatic hydroxyl groups is 2. The number of aliphatic hydroxyl groups excluding tert-OH is 2. The number of hydrogen-bond donors (Lipinski definition) is 2. The van der Waals surface area contributed by atoms with E-state index in [1.807, 2.05) is 13.8 Å². The van der Waals surface area contributed by atoms with E-state index in [9.17, 15) is 14.7 Å². The number of rotatable bonds is 9. The van der Waals surface area contributed by atoms with Crippen molar-refractivity contribution < 1.29 is 10.2 Å². The normalized spacial score (nSPS) is 12.8. The number of aryl methyl sites for hydroxylation is 2. The van der Waals surface area contributed by atoms with Crippen LogP contribution in [0.25, 0.3) is 11.2 Å². The zero-order valence-electron chi connectivity index (χ0n) is 14.3. The molecule has 8 nitrogen and oxygen atoms in total. The summed E-state index contributed by atoms with van der Waals surface area (Å²) in [4.78, 5) is 29.6. The molecule has 2 rings (SSSR count). The van der Waals surface area contributed by atoms with E-state index >= 15 is 0 Å². The van der Waals surface area contributed by atoms with Crippen LogP contribution in [0.2, 0.25) is 0 Å². The lowest BCUT2D eigenvalue weighted by molar-refractivity contribution is 0.0857. The Hall–Kier alpha value is -1.93. The monoisotopic (exact) mass is 338 g/mol. The quantitative estimate of drug-likeness (QED) is 0.685. The van der Waals surface area contributed by atoms with E-state index in [0.29, 0.717) is 50.1 Å². The van der Waals surface area contributed by atoms with Crippen LogP contribution in [-0.2, 0) is 19.6 Å². The molecule has 0 aromatic carbocycles. The molecule has 0 aliphatic heterocycles. The Balaban J connectivity index is 2.48. The molecule has 0 bridgehead atoms. The second-order valence-electron chi connectivity index (χ2n) is 5.98. The molecule has 0 aliphatic rings. The van der Waals surface area contributed by atoms with Gasteiger partial charge in [0.15, 0.2) is 11.2 Å². The summed E-state index contributed by atoms with van der Waals surface area (Å²) in [5.74, 6) is 0. The average molecular weight is 338 g/mol. The van der Waals surface area contributed by atoms with Crippen LogP contribution >= 0.6 is 0 Å². The summed E-state index contributed by atoms with van der Waals surface area (Å²) in [5, 5.41) is 18.3. The average Bonchev–Trinajstić information content (AvgIpc) is 2.99. The standard InChI is InChI=1S/C16H26N4O4/c1-3-7-19-14-13(15(23)20(8-4-2)16(19)24)18(11-17-14)9-5-6-12(22)10-21/h11-12,21-22H,3-10H2,1-2H3. The SMILES string of the molecule is CCCn1c(=O)c2c(ncn2CCCC(O)CO)n(CCC)c1=O. The third-order valence-corrected chi connectivity index (χ3v) is 4.03. The molecule has 24 heavy (non-hydrogen) atoms. The van der Waals surface area contributed by atoms with Crippen molar-refractivity contribution in [2.45, 2.75) is 65.3 Å². The highest BCUT2D eigenvalue weighted by molar-refractivity contribution is 5.70. The van der Waals surface area contributed by atoms with Crippen molar-refractivity contribution in [3.63, 3.8) is 0 Å². The lowest BCUT2D eigenvalue weighted by Crippen LogP contribution is -2.40. The number of imidazole rings is 1. The van der Waals surface area contributed by atoms with Gasteiger partial charge in [0.05, 0.1) is 19.0 Å². The van der Waals surface area contributed by atoms with E-state index in [1.54, 1.807) is 15.5 Å². The van der Waals surface area contributed by atoms with Crippen LogP contribution in [0.5, 0.6) is 0 Å². The van der Waals surface area contributed by atoms with E-state index in [2.05, 4.69) is 4.98 Å². The Labute approximate surface area is 140 Å². The molecule has 1 atom stereocenters. The van der Waals surface area contributed by atoms with Crippen LogP contribution in [0.1, 0.15) is 39.5 Å². The van der Waals surface area contributed by atoms with Crippen molar-refractivity contribution in [2.75, 3.05) is 6.61 Å². The van der Waals surface area contributed by atoms with Gasteiger partial charge >= 0.3 is 5.69 Å². The zero-order chi connectivity index (χ0) is 17.7. The van der Waals surface area contributed by atoms with E-state index in [4.69, 9.17) is 5.11 Å². The van der Waals surface area contributed by atoms with E-state index in [1.165, 1.54) is 4.57 Å². The van der Waals surface area contributed by atoms with E-state index < -0.39 is 6.10 Å². The van der Waals surface area contributed by atoms with Gasteiger partial charge in [0.2, 0.25) is 0 Å². The second kappa shape index (κ2) is 8.25. The van der Waals surface area contributed by atoms with Gasteiger partial charge < -0.3 is 14.8 Å². The molecular formula is C16H26N4O4. The molecule has 0 saturated carbocycles. The second-order valence-corrected chi connectivity index (χ2v) is 5.98. The Kier molecular flexibility index (Phi) is 6.33. The third kappa shape index (κ3) is 3.59. The first kappa shape index (κ1) is 18.4. The van der Waals surface area contributed by atoms with Crippen molar-refractivity contribution in [1.29, 1.82) is 0 Å². The fourth-order valence-corrected chi connectivity index (χ4v) is 2.84. The Morgan fingerprint density at radius 2 is 1.79 bits per heavy atom. The maximum absolute atomic E-state index is 12.7. The smallest absolute Gasteiger partial charge is 0.332 e. The third-order valence-electron chi connectivity index (χ3n) is 4.03. The predicted molar refractivity (Wildman–Crippen MR) is 91.2 cm³/mol. The van der Waals surface area contributed by atoms with E-state index in [0.717, 1.165) is 6.42 Å². The molecule has 2 heterocycles. The summed E-state index contributed by atoms with van der Waals surface area (Å²) in [7, 11) is 0. The summed E-state index contributed by atoms with van der Waals surface area (Å²) in [6, 6.07) is 0. The van der Waals surface area contributed by atoms with Gasteiger partial charge in [-0.05, 0) is 25.7 Å². The molecule has 0 spiro atoms. The van der Waals surface area contributed by atoms with E-state index in [-0.39, 0.29) is 17.9 Å². The summed E-state index contributed by atoms with van der Waals surface area (Å²) in [6.07, 6.45) is 3.33. The minimum absolute atomic E-state index is 0.274. The number of nitrogens with zero attached hydrogens (tertiary/aromatic N) is 4. The summed E-state index contributed by atoms with van der Waals surface area (Å²) in [5.41, 5.74) is 0.221. The van der Waals surface area contributed by atoms with Crippen molar-refractivity contribution in [1.82, 2.24) is 18.7 Å². The Bertz CT molecular complexity index is 790. The van der Waals surface area contributed by atoms with Crippen molar-refractivity contribution in [3.8, 4) is 0 Å². The largest absolute Gasteiger partial charge is 0.394 e. The summed E-state index contributed by atoms with van der Waals surface area (Å²) in [6.45, 7) is 5.02. The van der Waals surface area contributed by atoms with Gasteiger partial charge in [-0.25, -0.2) is 9.78 Å². The Morgan fingerprint density at radius 1 is 1.12 bits per heavy atom. The minimum atomic E-state index is -0.755. The maximum atomic E-state index is 12.7. The van der Waals surface area contributed by atoms with Gasteiger partial charge in [0.1, 0.15) is 0 Å². The topological polar surface area (TPSA) is 102 Å². The fourth-order valence-electron chi connectivity index (χ4n) is 2.84. The van der Waals surface area contributed by atoms with Crippen LogP contribution in [0.4, 0.5) is 0 Å². The summed E-state index contributed by atoms with van der Waals surface area (Å²) >= 11 is 0. The molecule has 1 unspecified atom stereocenters. The molecule has 2 N–H and O–H groups in total. The molecule has 0 saturated heterocycles.